The molecule has 0 unspecified atom stereocenters. The molecule has 30 heavy (non-hydrogen) atoms. The fourth-order valence-electron chi connectivity index (χ4n) is 6.09. The molecule has 4 aromatic rings. The van der Waals surface area contributed by atoms with Gasteiger partial charge in [-0.25, -0.2) is 0 Å². The summed E-state index contributed by atoms with van der Waals surface area (Å²) < 4.78 is 0. The molecule has 0 amide bonds. The van der Waals surface area contributed by atoms with Crippen LogP contribution in [0, 0.1) is 6.92 Å². The standard InChI is InChI=1S/C30H28/c1-20-28(27-17-9-16-26-24-14-7-5-12-22(24)19-29(26)27)18-23-13-6-8-15-25(23)30(20)21-10-3-2-4-11-21/h5-9,12-18,21H,2-4,10-11,19H2,1H3. The fraction of sp³-hybridized carbons (Fsp3) is 0.267. The van der Waals surface area contributed by atoms with Crippen molar-refractivity contribution in [3.8, 4) is 22.3 Å². The van der Waals surface area contributed by atoms with Crippen LogP contribution >= 0.6 is 0 Å². The van der Waals surface area contributed by atoms with E-state index in [1.54, 1.807) is 5.56 Å². The molecule has 6 rings (SSSR count). The van der Waals surface area contributed by atoms with Crippen molar-refractivity contribution in [1.82, 2.24) is 0 Å². The van der Waals surface area contributed by atoms with Crippen LogP contribution in [0.25, 0.3) is 33.0 Å². The van der Waals surface area contributed by atoms with Gasteiger partial charge in [0.25, 0.3) is 0 Å². The highest BCUT2D eigenvalue weighted by Crippen LogP contribution is 2.46. The zero-order valence-corrected chi connectivity index (χ0v) is 17.7. The molecule has 0 aliphatic heterocycles. The number of hydrogen-bond acceptors (Lipinski definition) is 0. The molecule has 4 aromatic carbocycles. The molecule has 0 saturated heterocycles. The molecule has 0 bridgehead atoms. The lowest BCUT2D eigenvalue weighted by Gasteiger charge is -2.27. The predicted molar refractivity (Wildman–Crippen MR) is 128 cm³/mol. The van der Waals surface area contributed by atoms with Crippen molar-refractivity contribution in [1.29, 1.82) is 0 Å². The average Bonchev–Trinajstić information content (AvgIpc) is 3.18. The Labute approximate surface area is 179 Å². The van der Waals surface area contributed by atoms with Gasteiger partial charge in [-0.1, -0.05) is 86.0 Å². The zero-order valence-electron chi connectivity index (χ0n) is 17.7. The summed E-state index contributed by atoms with van der Waals surface area (Å²) in [6, 6.07) is 27.4. The first-order valence-electron chi connectivity index (χ1n) is 11.5. The van der Waals surface area contributed by atoms with Crippen LogP contribution in [-0.2, 0) is 6.42 Å². The van der Waals surface area contributed by atoms with Crippen LogP contribution in [0.4, 0.5) is 0 Å². The van der Waals surface area contributed by atoms with Crippen LogP contribution in [0.2, 0.25) is 0 Å². The van der Waals surface area contributed by atoms with Crippen molar-refractivity contribution < 1.29 is 0 Å². The van der Waals surface area contributed by atoms with Gasteiger partial charge in [0.15, 0.2) is 0 Å². The molecular weight excluding hydrogens is 360 g/mol. The summed E-state index contributed by atoms with van der Waals surface area (Å²) in [6.07, 6.45) is 7.88. The van der Waals surface area contributed by atoms with Gasteiger partial charge in [0.05, 0.1) is 0 Å². The first kappa shape index (κ1) is 18.0. The molecule has 0 heteroatoms. The summed E-state index contributed by atoms with van der Waals surface area (Å²) in [6.45, 7) is 2.38. The molecule has 2 aliphatic carbocycles. The molecule has 0 N–H and O–H groups in total. The summed E-state index contributed by atoms with van der Waals surface area (Å²) in [7, 11) is 0. The Morgan fingerprint density at radius 3 is 2.23 bits per heavy atom. The molecule has 1 fully saturated rings. The number of benzene rings is 4. The van der Waals surface area contributed by atoms with Crippen LogP contribution in [0.5, 0.6) is 0 Å². The molecule has 1 saturated carbocycles. The monoisotopic (exact) mass is 388 g/mol. The first-order chi connectivity index (χ1) is 14.8. The second-order valence-corrected chi connectivity index (χ2v) is 9.18. The van der Waals surface area contributed by atoms with Crippen LogP contribution in [-0.4, -0.2) is 0 Å². The average molecular weight is 389 g/mol. The van der Waals surface area contributed by atoms with Crippen molar-refractivity contribution in [2.75, 3.05) is 0 Å². The van der Waals surface area contributed by atoms with E-state index in [-0.39, 0.29) is 0 Å². The minimum atomic E-state index is 0.706. The van der Waals surface area contributed by atoms with E-state index < -0.39 is 0 Å². The quantitative estimate of drug-likeness (QED) is 0.284. The Hall–Kier alpha value is -2.86. The third kappa shape index (κ3) is 2.74. The van der Waals surface area contributed by atoms with Gasteiger partial charge >= 0.3 is 0 Å². The molecule has 0 nitrogen and oxygen atoms in total. The maximum atomic E-state index is 2.45. The third-order valence-corrected chi connectivity index (χ3v) is 7.51. The Morgan fingerprint density at radius 2 is 1.37 bits per heavy atom. The molecule has 0 heterocycles. The van der Waals surface area contributed by atoms with Gasteiger partial charge in [0.2, 0.25) is 0 Å². The minimum absolute atomic E-state index is 0.706. The lowest BCUT2D eigenvalue weighted by atomic mass is 9.77. The summed E-state index contributed by atoms with van der Waals surface area (Å²) >= 11 is 0. The summed E-state index contributed by atoms with van der Waals surface area (Å²) in [5.41, 5.74) is 11.8. The third-order valence-electron chi connectivity index (χ3n) is 7.51. The van der Waals surface area contributed by atoms with E-state index in [4.69, 9.17) is 0 Å². The molecule has 0 spiro atoms. The topological polar surface area (TPSA) is 0 Å². The van der Waals surface area contributed by atoms with E-state index in [9.17, 15) is 0 Å². The second kappa shape index (κ2) is 7.13. The Balaban J connectivity index is 1.59. The molecule has 0 aromatic heterocycles. The zero-order chi connectivity index (χ0) is 20.1. The normalized spacial score (nSPS) is 15.9. The Morgan fingerprint density at radius 1 is 0.667 bits per heavy atom. The molecular formula is C30H28. The van der Waals surface area contributed by atoms with Gasteiger partial charge in [-0.3, -0.25) is 0 Å². The van der Waals surface area contributed by atoms with Crippen LogP contribution in [0.1, 0.15) is 60.3 Å². The highest BCUT2D eigenvalue weighted by Gasteiger charge is 2.25. The van der Waals surface area contributed by atoms with E-state index in [1.165, 1.54) is 81.8 Å². The SMILES string of the molecule is Cc1c(-c2cccc3c2Cc2ccccc2-3)cc2ccccc2c1C1CCCCC1. The van der Waals surface area contributed by atoms with Crippen molar-refractivity contribution >= 4 is 10.8 Å². The summed E-state index contributed by atoms with van der Waals surface area (Å²) in [4.78, 5) is 0. The molecule has 0 radical (unpaired) electrons. The number of rotatable bonds is 2. The summed E-state index contributed by atoms with van der Waals surface area (Å²) in [5.74, 6) is 0.706. The lowest BCUT2D eigenvalue weighted by Crippen LogP contribution is -2.08. The van der Waals surface area contributed by atoms with Gasteiger partial charge in [-0.05, 0) is 93.5 Å². The fourth-order valence-corrected chi connectivity index (χ4v) is 6.09. The highest BCUT2D eigenvalue weighted by atomic mass is 14.3. The smallest absolute Gasteiger partial charge is 0.000728 e. The predicted octanol–water partition coefficient (Wildman–Crippen LogP) is 8.43. The Kier molecular flexibility index (Phi) is 4.27. The Bertz CT molecular complexity index is 1250. The molecule has 0 atom stereocenters. The molecule has 148 valence electrons. The van der Waals surface area contributed by atoms with Gasteiger partial charge in [-0.15, -0.1) is 0 Å². The summed E-state index contributed by atoms with van der Waals surface area (Å²) in [5, 5.41) is 2.87. The minimum Gasteiger partial charge on any atom is -0.0619 e. The van der Waals surface area contributed by atoms with Crippen molar-refractivity contribution in [2.45, 2.75) is 51.4 Å². The van der Waals surface area contributed by atoms with Gasteiger partial charge in [-0.2, -0.15) is 0 Å². The van der Waals surface area contributed by atoms with Crippen molar-refractivity contribution in [2.24, 2.45) is 0 Å². The van der Waals surface area contributed by atoms with Crippen molar-refractivity contribution in [3.63, 3.8) is 0 Å². The van der Waals surface area contributed by atoms with Gasteiger partial charge in [0, 0.05) is 0 Å². The van der Waals surface area contributed by atoms with Crippen LogP contribution in [0.15, 0.2) is 72.8 Å². The second-order valence-electron chi connectivity index (χ2n) is 9.18. The number of fused-ring (bicyclic) bond motifs is 4. The lowest BCUT2D eigenvalue weighted by molar-refractivity contribution is 0.444. The highest BCUT2D eigenvalue weighted by molar-refractivity contribution is 5.95. The first-order valence-corrected chi connectivity index (χ1v) is 11.5. The van der Waals surface area contributed by atoms with E-state index >= 15 is 0 Å². The van der Waals surface area contributed by atoms with E-state index in [1.807, 2.05) is 0 Å². The maximum absolute atomic E-state index is 2.45. The van der Waals surface area contributed by atoms with Gasteiger partial charge < -0.3 is 0 Å². The van der Waals surface area contributed by atoms with E-state index in [0.29, 0.717) is 5.92 Å². The largest absolute Gasteiger partial charge is 0.0619 e. The van der Waals surface area contributed by atoms with Gasteiger partial charge in [0.1, 0.15) is 0 Å². The number of hydrogen-bond donors (Lipinski definition) is 0. The maximum Gasteiger partial charge on any atom is -0.000728 e. The van der Waals surface area contributed by atoms with E-state index in [0.717, 1.165) is 6.42 Å². The van der Waals surface area contributed by atoms with Crippen LogP contribution in [0.3, 0.4) is 0 Å². The van der Waals surface area contributed by atoms with E-state index in [2.05, 4.69) is 79.7 Å². The van der Waals surface area contributed by atoms with Crippen LogP contribution < -0.4 is 0 Å². The molecule has 2 aliphatic rings. The van der Waals surface area contributed by atoms with Crippen molar-refractivity contribution in [3.05, 3.63) is 95.1 Å².